The van der Waals surface area contributed by atoms with Gasteiger partial charge in [0.15, 0.2) is 0 Å². The van der Waals surface area contributed by atoms with Crippen molar-refractivity contribution in [3.05, 3.63) is 68.4 Å². The summed E-state index contributed by atoms with van der Waals surface area (Å²) in [6, 6.07) is 1.49. The molecule has 2 fully saturated rings. The summed E-state index contributed by atoms with van der Waals surface area (Å²) < 4.78 is 65.9. The Kier molecular flexibility index (Phi) is 8.11. The standard InChI is InChI=1S/C29H28F3N3O8S/c1-13-22-25(36)35(14(2)27(37)38)29(39)34(26(22)44-23(13)24-33-7-8-40-24)12-21(42-18-10-16-4-5-17(11-18)41-16)19-9-15(30)3-6-20(19)43-28(31)32/h3,6-9,14,16-18,21,28H,4-5,10-12H2,1-2H3,(H,37,38)/t14-,16-,17+,18+,21-/m0/s1. The summed E-state index contributed by atoms with van der Waals surface area (Å²) in [7, 11) is 0. The molecule has 234 valence electrons. The van der Waals surface area contributed by atoms with Crippen LogP contribution in [-0.2, 0) is 20.8 Å². The summed E-state index contributed by atoms with van der Waals surface area (Å²) in [6.45, 7) is -0.792. The molecule has 15 heteroatoms. The molecule has 0 amide bonds. The fraction of sp³-hybridized carbons (Fsp3) is 0.448. The molecule has 2 aliphatic rings. The Balaban J connectivity index is 1.55. The van der Waals surface area contributed by atoms with E-state index in [0.29, 0.717) is 27.8 Å². The van der Waals surface area contributed by atoms with Crippen LogP contribution in [0.5, 0.6) is 5.75 Å². The molecule has 5 heterocycles. The summed E-state index contributed by atoms with van der Waals surface area (Å²) in [5.74, 6) is -2.33. The van der Waals surface area contributed by atoms with Crippen LogP contribution >= 0.6 is 11.3 Å². The topological polar surface area (TPSA) is 135 Å². The molecule has 5 atom stereocenters. The van der Waals surface area contributed by atoms with Gasteiger partial charge in [-0.3, -0.25) is 9.36 Å². The molecule has 2 aliphatic heterocycles. The first-order valence-corrected chi connectivity index (χ1v) is 14.8. The molecule has 44 heavy (non-hydrogen) atoms. The number of halogens is 3. The lowest BCUT2D eigenvalue weighted by Crippen LogP contribution is -2.44. The van der Waals surface area contributed by atoms with Gasteiger partial charge in [-0.1, -0.05) is 0 Å². The van der Waals surface area contributed by atoms with Crippen molar-refractivity contribution in [1.82, 2.24) is 14.1 Å². The third-order valence-electron chi connectivity index (χ3n) is 8.10. The lowest BCUT2D eigenvalue weighted by molar-refractivity contribution is -0.140. The van der Waals surface area contributed by atoms with Gasteiger partial charge in [-0.25, -0.2) is 23.5 Å². The van der Waals surface area contributed by atoms with Crippen LogP contribution in [0.3, 0.4) is 0 Å². The third-order valence-corrected chi connectivity index (χ3v) is 9.40. The summed E-state index contributed by atoms with van der Waals surface area (Å²) >= 11 is 1.02. The number of carboxylic acids is 1. The molecular formula is C29H28F3N3O8S. The minimum Gasteiger partial charge on any atom is -0.480 e. The SMILES string of the molecule is Cc1c(-c2ncco2)sc2c1c(=O)n([C@@H](C)C(=O)O)c(=O)n2C[C@H](O[C@H]1C[C@H]2CC[C@@H](C1)O2)c1cc(F)ccc1OC(F)F. The van der Waals surface area contributed by atoms with Crippen LogP contribution in [0.1, 0.15) is 55.9 Å². The molecule has 0 saturated carbocycles. The Bertz CT molecular complexity index is 1810. The van der Waals surface area contributed by atoms with Crippen molar-refractivity contribution in [2.24, 2.45) is 0 Å². The van der Waals surface area contributed by atoms with Crippen molar-refractivity contribution in [2.45, 2.75) is 83.1 Å². The number of carbonyl (C=O) groups is 1. The van der Waals surface area contributed by atoms with Gasteiger partial charge in [0.1, 0.15) is 34.8 Å². The van der Waals surface area contributed by atoms with Crippen molar-refractivity contribution >= 4 is 27.5 Å². The fourth-order valence-corrected chi connectivity index (χ4v) is 7.27. The van der Waals surface area contributed by atoms with E-state index in [1.165, 1.54) is 19.4 Å². The number of ether oxygens (including phenoxy) is 3. The Labute approximate surface area is 251 Å². The van der Waals surface area contributed by atoms with Gasteiger partial charge >= 0.3 is 18.3 Å². The van der Waals surface area contributed by atoms with Crippen molar-refractivity contribution in [1.29, 1.82) is 0 Å². The van der Waals surface area contributed by atoms with Gasteiger partial charge in [-0.05, 0) is 63.3 Å². The first-order valence-electron chi connectivity index (χ1n) is 14.0. The van der Waals surface area contributed by atoms with E-state index in [1.807, 2.05) is 0 Å². The molecule has 0 aliphatic carbocycles. The van der Waals surface area contributed by atoms with Crippen molar-refractivity contribution < 1.29 is 41.7 Å². The first kappa shape index (κ1) is 30.1. The highest BCUT2D eigenvalue weighted by atomic mass is 32.1. The normalized spacial score (nSPS) is 21.2. The Morgan fingerprint density at radius 1 is 1.23 bits per heavy atom. The molecule has 2 saturated heterocycles. The van der Waals surface area contributed by atoms with E-state index >= 15 is 0 Å². The lowest BCUT2D eigenvalue weighted by atomic mass is 10.0. The molecule has 3 aromatic heterocycles. The zero-order chi connectivity index (χ0) is 31.3. The van der Waals surface area contributed by atoms with E-state index in [2.05, 4.69) is 4.98 Å². The zero-order valence-electron chi connectivity index (χ0n) is 23.6. The number of oxazole rings is 1. The van der Waals surface area contributed by atoms with E-state index in [4.69, 9.17) is 18.6 Å². The summed E-state index contributed by atoms with van der Waals surface area (Å²) in [5, 5.41) is 9.82. The second-order valence-electron chi connectivity index (χ2n) is 10.9. The maximum absolute atomic E-state index is 14.6. The number of alkyl halides is 2. The van der Waals surface area contributed by atoms with E-state index in [-0.39, 0.29) is 46.2 Å². The maximum Gasteiger partial charge on any atom is 0.387 e. The molecule has 0 unspecified atom stereocenters. The van der Waals surface area contributed by atoms with E-state index < -0.39 is 47.9 Å². The van der Waals surface area contributed by atoms with Crippen LogP contribution in [0, 0.1) is 12.7 Å². The van der Waals surface area contributed by atoms with Gasteiger partial charge < -0.3 is 23.7 Å². The minimum atomic E-state index is -3.23. The van der Waals surface area contributed by atoms with Gasteiger partial charge in [0, 0.05) is 5.56 Å². The van der Waals surface area contributed by atoms with E-state index in [1.54, 1.807) is 6.92 Å². The maximum atomic E-state index is 14.6. The highest BCUT2D eigenvalue weighted by Gasteiger charge is 2.38. The Morgan fingerprint density at radius 2 is 1.95 bits per heavy atom. The number of aliphatic carboxylic acids is 1. The number of aryl methyl sites for hydroxylation is 1. The van der Waals surface area contributed by atoms with Crippen LogP contribution in [-0.4, -0.2) is 50.1 Å². The predicted molar refractivity (Wildman–Crippen MR) is 151 cm³/mol. The van der Waals surface area contributed by atoms with Gasteiger partial charge in [-0.2, -0.15) is 8.78 Å². The lowest BCUT2D eigenvalue weighted by Gasteiger charge is -2.32. The fourth-order valence-electron chi connectivity index (χ4n) is 6.02. The number of nitrogens with zero attached hydrogens (tertiary/aromatic N) is 3. The van der Waals surface area contributed by atoms with Crippen molar-refractivity contribution in [3.8, 4) is 16.5 Å². The Morgan fingerprint density at radius 3 is 2.59 bits per heavy atom. The molecule has 6 rings (SSSR count). The largest absolute Gasteiger partial charge is 0.480 e. The van der Waals surface area contributed by atoms with Crippen molar-refractivity contribution in [2.75, 3.05) is 0 Å². The van der Waals surface area contributed by atoms with Crippen molar-refractivity contribution in [3.63, 3.8) is 0 Å². The average Bonchev–Trinajstić information content (AvgIpc) is 3.70. The van der Waals surface area contributed by atoms with Crippen LogP contribution in [0.25, 0.3) is 21.0 Å². The second kappa shape index (κ2) is 11.9. The highest BCUT2D eigenvalue weighted by molar-refractivity contribution is 7.22. The smallest absolute Gasteiger partial charge is 0.387 e. The molecule has 1 aromatic carbocycles. The molecule has 0 radical (unpaired) electrons. The number of benzene rings is 1. The molecule has 11 nitrogen and oxygen atoms in total. The van der Waals surface area contributed by atoms with Crippen LogP contribution in [0.2, 0.25) is 0 Å². The van der Waals surface area contributed by atoms with Gasteiger partial charge in [0.25, 0.3) is 5.56 Å². The molecule has 2 bridgehead atoms. The third kappa shape index (κ3) is 5.55. The number of hydrogen-bond donors (Lipinski definition) is 1. The molecule has 4 aromatic rings. The monoisotopic (exact) mass is 635 g/mol. The summed E-state index contributed by atoms with van der Waals surface area (Å²) in [6.07, 6.45) is 3.68. The van der Waals surface area contributed by atoms with Gasteiger partial charge in [0.2, 0.25) is 5.89 Å². The van der Waals surface area contributed by atoms with E-state index in [9.17, 15) is 32.7 Å². The summed E-state index contributed by atoms with van der Waals surface area (Å²) in [4.78, 5) is 44.4. The molecule has 0 spiro atoms. The van der Waals surface area contributed by atoms with Crippen LogP contribution in [0.4, 0.5) is 13.2 Å². The second-order valence-corrected chi connectivity index (χ2v) is 11.9. The number of aromatic nitrogens is 3. The molecular weight excluding hydrogens is 607 g/mol. The van der Waals surface area contributed by atoms with Crippen LogP contribution in [0.15, 0.2) is 44.7 Å². The summed E-state index contributed by atoms with van der Waals surface area (Å²) in [5.41, 5.74) is -1.46. The Hall–Kier alpha value is -3.95. The first-order chi connectivity index (χ1) is 21.0. The highest BCUT2D eigenvalue weighted by Crippen LogP contribution is 2.40. The predicted octanol–water partition coefficient (Wildman–Crippen LogP) is 5.04. The van der Waals surface area contributed by atoms with Gasteiger partial charge in [0.05, 0.1) is 41.3 Å². The molecule has 1 N–H and O–H groups in total. The number of fused-ring (bicyclic) bond motifs is 3. The van der Waals surface area contributed by atoms with E-state index in [0.717, 1.165) is 46.9 Å². The zero-order valence-corrected chi connectivity index (χ0v) is 24.4. The minimum absolute atomic E-state index is 0.0558. The van der Waals surface area contributed by atoms with Gasteiger partial charge in [-0.15, -0.1) is 11.3 Å². The number of hydrogen-bond acceptors (Lipinski definition) is 9. The number of thiophene rings is 1. The number of carboxylic acid groups (broad SMARTS) is 1. The van der Waals surface area contributed by atoms with Crippen LogP contribution < -0.4 is 16.0 Å². The number of rotatable bonds is 10. The quantitative estimate of drug-likeness (QED) is 0.254. The average molecular weight is 636 g/mol.